The van der Waals surface area contributed by atoms with Crippen molar-refractivity contribution in [3.05, 3.63) is 5.82 Å². The number of hydrogen-bond donors (Lipinski definition) is 1. The smallest absolute Gasteiger partial charge is 0.239 e. The molecule has 0 aliphatic heterocycles. The van der Waals surface area contributed by atoms with Gasteiger partial charge in [-0.05, 0) is 12.8 Å². The highest BCUT2D eigenvalue weighted by Crippen LogP contribution is 2.46. The standard InChI is InChI=1S/C7H12N4/c1-7(3-4-7)5-9-6(8)10-11(5)2/h3-4H2,1-2H3,(H2,8,10). The van der Waals surface area contributed by atoms with Crippen molar-refractivity contribution < 1.29 is 0 Å². The Morgan fingerprint density at radius 1 is 1.55 bits per heavy atom. The minimum Gasteiger partial charge on any atom is -0.366 e. The summed E-state index contributed by atoms with van der Waals surface area (Å²) in [5.41, 5.74) is 5.72. The molecule has 2 N–H and O–H groups in total. The number of anilines is 1. The lowest BCUT2D eigenvalue weighted by Crippen LogP contribution is -2.09. The van der Waals surface area contributed by atoms with Crippen LogP contribution in [0.2, 0.25) is 0 Å². The summed E-state index contributed by atoms with van der Waals surface area (Å²) in [5.74, 6) is 1.41. The molecule has 1 heterocycles. The summed E-state index contributed by atoms with van der Waals surface area (Å²) in [7, 11) is 1.89. The number of nitrogens with zero attached hydrogens (tertiary/aromatic N) is 3. The van der Waals surface area contributed by atoms with Gasteiger partial charge in [0.1, 0.15) is 5.82 Å². The summed E-state index contributed by atoms with van der Waals surface area (Å²) in [4.78, 5) is 4.17. The molecular formula is C7H12N4. The van der Waals surface area contributed by atoms with Crippen molar-refractivity contribution in [1.82, 2.24) is 14.8 Å². The first-order valence-electron chi connectivity index (χ1n) is 3.79. The van der Waals surface area contributed by atoms with Gasteiger partial charge in [-0.15, -0.1) is 5.10 Å². The number of hydrogen-bond acceptors (Lipinski definition) is 3. The first-order valence-corrected chi connectivity index (χ1v) is 3.79. The van der Waals surface area contributed by atoms with Gasteiger partial charge in [0.15, 0.2) is 0 Å². The number of nitrogens with two attached hydrogens (primary N) is 1. The van der Waals surface area contributed by atoms with Gasteiger partial charge >= 0.3 is 0 Å². The van der Waals surface area contributed by atoms with Crippen LogP contribution < -0.4 is 5.73 Å². The first kappa shape index (κ1) is 6.64. The molecule has 11 heavy (non-hydrogen) atoms. The van der Waals surface area contributed by atoms with Crippen LogP contribution in [0, 0.1) is 0 Å². The molecule has 4 nitrogen and oxygen atoms in total. The van der Waals surface area contributed by atoms with Crippen molar-refractivity contribution in [2.24, 2.45) is 7.05 Å². The highest BCUT2D eigenvalue weighted by atomic mass is 15.4. The van der Waals surface area contributed by atoms with Crippen LogP contribution in [0.15, 0.2) is 0 Å². The SMILES string of the molecule is Cn1nc(N)nc1C1(C)CC1. The topological polar surface area (TPSA) is 56.7 Å². The highest BCUT2D eigenvalue weighted by Gasteiger charge is 2.43. The molecule has 1 fully saturated rings. The molecule has 4 heteroatoms. The van der Waals surface area contributed by atoms with E-state index in [-0.39, 0.29) is 5.41 Å². The van der Waals surface area contributed by atoms with E-state index < -0.39 is 0 Å². The van der Waals surface area contributed by atoms with Crippen molar-refractivity contribution >= 4 is 5.95 Å². The van der Waals surface area contributed by atoms with Gasteiger partial charge in [0.25, 0.3) is 0 Å². The Labute approximate surface area is 65.4 Å². The zero-order valence-electron chi connectivity index (χ0n) is 6.83. The quantitative estimate of drug-likeness (QED) is 0.635. The van der Waals surface area contributed by atoms with E-state index in [2.05, 4.69) is 17.0 Å². The second kappa shape index (κ2) is 1.75. The van der Waals surface area contributed by atoms with Gasteiger partial charge in [-0.3, -0.25) is 4.68 Å². The Hall–Kier alpha value is -1.06. The minimum absolute atomic E-state index is 0.263. The molecule has 0 spiro atoms. The average molecular weight is 152 g/mol. The Morgan fingerprint density at radius 3 is 2.55 bits per heavy atom. The molecule has 0 bridgehead atoms. The fourth-order valence-corrected chi connectivity index (χ4v) is 1.34. The molecule has 60 valence electrons. The molecule has 1 aliphatic rings. The third kappa shape index (κ3) is 0.895. The third-order valence-electron chi connectivity index (χ3n) is 2.32. The van der Waals surface area contributed by atoms with Gasteiger partial charge < -0.3 is 5.73 Å². The Bertz CT molecular complexity index is 285. The van der Waals surface area contributed by atoms with Gasteiger partial charge in [-0.1, -0.05) is 6.92 Å². The van der Waals surface area contributed by atoms with E-state index in [1.165, 1.54) is 12.8 Å². The Balaban J connectivity index is 2.44. The van der Waals surface area contributed by atoms with E-state index in [1.54, 1.807) is 4.68 Å². The Morgan fingerprint density at radius 2 is 2.18 bits per heavy atom. The molecule has 0 atom stereocenters. The molecule has 0 amide bonds. The van der Waals surface area contributed by atoms with E-state index in [1.807, 2.05) is 7.05 Å². The second-order valence-corrected chi connectivity index (χ2v) is 3.48. The van der Waals surface area contributed by atoms with Crippen LogP contribution in [0.3, 0.4) is 0 Å². The molecule has 0 saturated heterocycles. The normalized spacial score (nSPS) is 20.2. The lowest BCUT2D eigenvalue weighted by atomic mass is 10.1. The third-order valence-corrected chi connectivity index (χ3v) is 2.32. The molecular weight excluding hydrogens is 140 g/mol. The van der Waals surface area contributed by atoms with Crippen molar-refractivity contribution in [2.45, 2.75) is 25.2 Å². The fourth-order valence-electron chi connectivity index (χ4n) is 1.34. The summed E-state index contributed by atoms with van der Waals surface area (Å²) in [6.45, 7) is 2.19. The van der Waals surface area contributed by atoms with Gasteiger partial charge in [0.2, 0.25) is 5.95 Å². The summed E-state index contributed by atoms with van der Waals surface area (Å²) in [6.07, 6.45) is 2.41. The van der Waals surface area contributed by atoms with Gasteiger partial charge in [-0.2, -0.15) is 4.98 Å². The lowest BCUT2D eigenvalue weighted by molar-refractivity contribution is 0.619. The molecule has 1 aromatic rings. The zero-order valence-corrected chi connectivity index (χ0v) is 6.83. The van der Waals surface area contributed by atoms with Crippen molar-refractivity contribution in [3.63, 3.8) is 0 Å². The summed E-state index contributed by atoms with van der Waals surface area (Å²) in [6, 6.07) is 0. The van der Waals surface area contributed by atoms with Gasteiger partial charge in [0, 0.05) is 12.5 Å². The van der Waals surface area contributed by atoms with Crippen LogP contribution in [-0.2, 0) is 12.5 Å². The van der Waals surface area contributed by atoms with Crippen LogP contribution in [-0.4, -0.2) is 14.8 Å². The van der Waals surface area contributed by atoms with Crippen LogP contribution in [0.4, 0.5) is 5.95 Å². The number of aryl methyl sites for hydroxylation is 1. The number of rotatable bonds is 1. The summed E-state index contributed by atoms with van der Waals surface area (Å²) >= 11 is 0. The van der Waals surface area contributed by atoms with Crippen LogP contribution in [0.1, 0.15) is 25.6 Å². The van der Waals surface area contributed by atoms with Crippen LogP contribution in [0.25, 0.3) is 0 Å². The van der Waals surface area contributed by atoms with Crippen molar-refractivity contribution in [3.8, 4) is 0 Å². The number of aromatic nitrogens is 3. The maximum atomic E-state index is 5.46. The minimum atomic E-state index is 0.263. The fraction of sp³-hybridized carbons (Fsp3) is 0.714. The van der Waals surface area contributed by atoms with E-state index in [9.17, 15) is 0 Å². The largest absolute Gasteiger partial charge is 0.366 e. The van der Waals surface area contributed by atoms with Crippen molar-refractivity contribution in [2.75, 3.05) is 5.73 Å². The lowest BCUT2D eigenvalue weighted by Gasteiger charge is -2.04. The average Bonchev–Trinajstić information content (AvgIpc) is 2.55. The van der Waals surface area contributed by atoms with Crippen LogP contribution >= 0.6 is 0 Å². The molecule has 0 aromatic carbocycles. The molecule has 2 rings (SSSR count). The highest BCUT2D eigenvalue weighted by molar-refractivity contribution is 5.23. The zero-order chi connectivity index (χ0) is 8.06. The second-order valence-electron chi connectivity index (χ2n) is 3.48. The van der Waals surface area contributed by atoms with E-state index in [4.69, 9.17) is 5.73 Å². The molecule has 1 saturated carbocycles. The summed E-state index contributed by atoms with van der Waals surface area (Å²) in [5, 5.41) is 4.00. The molecule has 0 radical (unpaired) electrons. The number of nitrogen functional groups attached to an aromatic ring is 1. The van der Waals surface area contributed by atoms with E-state index in [0.717, 1.165) is 5.82 Å². The van der Waals surface area contributed by atoms with Crippen LogP contribution in [0.5, 0.6) is 0 Å². The first-order chi connectivity index (χ1) is 5.12. The molecule has 1 aliphatic carbocycles. The molecule has 0 unspecified atom stereocenters. The van der Waals surface area contributed by atoms with E-state index >= 15 is 0 Å². The monoisotopic (exact) mass is 152 g/mol. The molecule has 1 aromatic heterocycles. The predicted molar refractivity (Wildman–Crippen MR) is 42.0 cm³/mol. The van der Waals surface area contributed by atoms with Gasteiger partial charge in [0.05, 0.1) is 0 Å². The Kier molecular flexibility index (Phi) is 1.06. The predicted octanol–water partition coefficient (Wildman–Crippen LogP) is 0.449. The maximum Gasteiger partial charge on any atom is 0.239 e. The van der Waals surface area contributed by atoms with Gasteiger partial charge in [-0.25, -0.2) is 0 Å². The van der Waals surface area contributed by atoms with E-state index in [0.29, 0.717) is 5.95 Å². The summed E-state index contributed by atoms with van der Waals surface area (Å²) < 4.78 is 1.78. The van der Waals surface area contributed by atoms with Crippen molar-refractivity contribution in [1.29, 1.82) is 0 Å². The maximum absolute atomic E-state index is 5.46.